The summed E-state index contributed by atoms with van der Waals surface area (Å²) in [6.45, 7) is 4.19. The van der Waals surface area contributed by atoms with Gasteiger partial charge in [0.15, 0.2) is 0 Å². The zero-order chi connectivity index (χ0) is 17.6. The molecule has 2 aliphatic carbocycles. The van der Waals surface area contributed by atoms with Crippen molar-refractivity contribution in [3.8, 4) is 0 Å². The highest BCUT2D eigenvalue weighted by Gasteiger charge is 2.46. The molecule has 3 fully saturated rings. The summed E-state index contributed by atoms with van der Waals surface area (Å²) in [7, 11) is 2.03. The standard InChI is InChI=1S/C19H30N4O2/c1-12(2)25-15-8-13(9-15)21-16-6-7-18(24)23(14-4-5-14)19(16)17-10-20-11-22(17)3/h10-16,19,21H,4-9H2,1-3H3/t13?,15?,16-,19-/m1/s1. The van der Waals surface area contributed by atoms with Gasteiger partial charge in [0.25, 0.3) is 0 Å². The summed E-state index contributed by atoms with van der Waals surface area (Å²) in [5.41, 5.74) is 1.15. The molecule has 1 saturated heterocycles. The first kappa shape index (κ1) is 17.0. The summed E-state index contributed by atoms with van der Waals surface area (Å²) >= 11 is 0. The van der Waals surface area contributed by atoms with Crippen LogP contribution in [0.1, 0.15) is 64.1 Å². The van der Waals surface area contributed by atoms with Crippen LogP contribution in [0.3, 0.4) is 0 Å². The minimum Gasteiger partial charge on any atom is -0.375 e. The van der Waals surface area contributed by atoms with Gasteiger partial charge < -0.3 is 19.5 Å². The number of rotatable bonds is 6. The van der Waals surface area contributed by atoms with Crippen molar-refractivity contribution in [1.29, 1.82) is 0 Å². The Morgan fingerprint density at radius 3 is 2.64 bits per heavy atom. The second-order valence-electron chi connectivity index (χ2n) is 8.19. The van der Waals surface area contributed by atoms with Crippen LogP contribution in [0.5, 0.6) is 0 Å². The van der Waals surface area contributed by atoms with E-state index in [2.05, 4.69) is 33.6 Å². The highest BCUT2D eigenvalue weighted by atomic mass is 16.5. The van der Waals surface area contributed by atoms with Crippen molar-refractivity contribution < 1.29 is 9.53 Å². The quantitative estimate of drug-likeness (QED) is 0.857. The summed E-state index contributed by atoms with van der Waals surface area (Å²) in [6, 6.07) is 1.33. The van der Waals surface area contributed by atoms with Crippen molar-refractivity contribution in [1.82, 2.24) is 19.8 Å². The number of aromatic nitrogens is 2. The van der Waals surface area contributed by atoms with Gasteiger partial charge >= 0.3 is 0 Å². The largest absolute Gasteiger partial charge is 0.375 e. The zero-order valence-electron chi connectivity index (χ0n) is 15.5. The molecule has 6 heteroatoms. The number of nitrogens with zero attached hydrogens (tertiary/aromatic N) is 3. The molecular formula is C19H30N4O2. The first-order valence-corrected chi connectivity index (χ1v) is 9.71. The summed E-state index contributed by atoms with van der Waals surface area (Å²) in [6.07, 6.45) is 10.4. The molecule has 0 radical (unpaired) electrons. The van der Waals surface area contributed by atoms with Gasteiger partial charge in [-0.15, -0.1) is 0 Å². The Morgan fingerprint density at radius 2 is 2.04 bits per heavy atom. The van der Waals surface area contributed by atoms with Crippen molar-refractivity contribution in [3.05, 3.63) is 18.2 Å². The molecule has 2 saturated carbocycles. The van der Waals surface area contributed by atoms with E-state index in [4.69, 9.17) is 4.74 Å². The molecule has 0 unspecified atom stereocenters. The average molecular weight is 346 g/mol. The fraction of sp³-hybridized carbons (Fsp3) is 0.789. The van der Waals surface area contributed by atoms with Crippen LogP contribution in [0.2, 0.25) is 0 Å². The number of carbonyl (C=O) groups is 1. The van der Waals surface area contributed by atoms with Gasteiger partial charge in [-0.05, 0) is 46.0 Å². The lowest BCUT2D eigenvalue weighted by molar-refractivity contribution is -0.139. The zero-order valence-corrected chi connectivity index (χ0v) is 15.5. The number of piperidine rings is 1. The van der Waals surface area contributed by atoms with E-state index in [1.807, 2.05) is 19.6 Å². The number of nitrogens with one attached hydrogen (secondary N) is 1. The smallest absolute Gasteiger partial charge is 0.223 e. The Labute approximate surface area is 149 Å². The fourth-order valence-corrected chi connectivity index (χ4v) is 4.37. The average Bonchev–Trinajstić information content (AvgIpc) is 3.27. The maximum absolute atomic E-state index is 12.6. The Bertz CT molecular complexity index is 619. The van der Waals surface area contributed by atoms with Crippen LogP contribution < -0.4 is 5.32 Å². The minimum absolute atomic E-state index is 0.103. The molecule has 1 aromatic heterocycles. The summed E-state index contributed by atoms with van der Waals surface area (Å²) in [5.74, 6) is 0.307. The first-order chi connectivity index (χ1) is 12.0. The second kappa shape index (κ2) is 6.72. The number of imidazole rings is 1. The molecule has 2 heterocycles. The van der Waals surface area contributed by atoms with Crippen LogP contribution in [0.15, 0.2) is 12.5 Å². The molecular weight excluding hydrogens is 316 g/mol. The number of hydrogen-bond donors (Lipinski definition) is 1. The van der Waals surface area contributed by atoms with Gasteiger partial charge in [-0.1, -0.05) is 0 Å². The van der Waals surface area contributed by atoms with Gasteiger partial charge in [0.05, 0.1) is 36.5 Å². The van der Waals surface area contributed by atoms with Gasteiger partial charge in [0.2, 0.25) is 5.91 Å². The number of amides is 1. The molecule has 0 spiro atoms. The lowest BCUT2D eigenvalue weighted by Gasteiger charge is -2.46. The third-order valence-electron chi connectivity index (χ3n) is 5.74. The highest BCUT2D eigenvalue weighted by Crippen LogP contribution is 2.41. The van der Waals surface area contributed by atoms with E-state index >= 15 is 0 Å². The number of hydrogen-bond acceptors (Lipinski definition) is 4. The van der Waals surface area contributed by atoms with Gasteiger partial charge in [0, 0.05) is 31.6 Å². The Kier molecular flexibility index (Phi) is 4.58. The Morgan fingerprint density at radius 1 is 1.28 bits per heavy atom. The van der Waals surface area contributed by atoms with Crippen LogP contribution in [0.4, 0.5) is 0 Å². The van der Waals surface area contributed by atoms with Crippen molar-refractivity contribution in [2.75, 3.05) is 0 Å². The molecule has 25 heavy (non-hydrogen) atoms. The molecule has 4 rings (SSSR count). The van der Waals surface area contributed by atoms with Crippen LogP contribution in [0.25, 0.3) is 0 Å². The number of aryl methyl sites for hydroxylation is 1. The molecule has 6 nitrogen and oxygen atoms in total. The normalized spacial score (nSPS) is 33.0. The molecule has 1 N–H and O–H groups in total. The highest BCUT2D eigenvalue weighted by molar-refractivity contribution is 5.78. The molecule has 1 amide bonds. The topological polar surface area (TPSA) is 59.4 Å². The van der Waals surface area contributed by atoms with Crippen LogP contribution in [0, 0.1) is 0 Å². The first-order valence-electron chi connectivity index (χ1n) is 9.71. The number of likely N-dealkylation sites (tertiary alicyclic amines) is 1. The number of carbonyl (C=O) groups excluding carboxylic acids is 1. The van der Waals surface area contributed by atoms with E-state index in [-0.39, 0.29) is 6.04 Å². The summed E-state index contributed by atoms with van der Waals surface area (Å²) in [4.78, 5) is 19.1. The molecule has 1 aromatic rings. The van der Waals surface area contributed by atoms with Crippen molar-refractivity contribution in [2.24, 2.45) is 7.05 Å². The molecule has 0 bridgehead atoms. The van der Waals surface area contributed by atoms with E-state index in [9.17, 15) is 4.79 Å². The van der Waals surface area contributed by atoms with Crippen molar-refractivity contribution >= 4 is 5.91 Å². The summed E-state index contributed by atoms with van der Waals surface area (Å²) in [5, 5.41) is 3.84. The second-order valence-corrected chi connectivity index (χ2v) is 8.19. The van der Waals surface area contributed by atoms with Crippen molar-refractivity contribution in [3.63, 3.8) is 0 Å². The SMILES string of the molecule is CC(C)OC1CC(N[C@@H]2CCC(=O)N(C3CC3)[C@H]2c2cncn2C)C1. The summed E-state index contributed by atoms with van der Waals surface area (Å²) < 4.78 is 7.96. The van der Waals surface area contributed by atoms with Gasteiger partial charge in [-0.25, -0.2) is 4.98 Å². The van der Waals surface area contributed by atoms with Crippen LogP contribution in [-0.4, -0.2) is 50.7 Å². The monoisotopic (exact) mass is 346 g/mol. The van der Waals surface area contributed by atoms with E-state index in [0.29, 0.717) is 42.7 Å². The maximum atomic E-state index is 12.6. The molecule has 0 aromatic carbocycles. The number of ether oxygens (including phenoxy) is 1. The minimum atomic E-state index is 0.103. The van der Waals surface area contributed by atoms with Crippen LogP contribution >= 0.6 is 0 Å². The van der Waals surface area contributed by atoms with E-state index < -0.39 is 0 Å². The third kappa shape index (κ3) is 3.47. The predicted molar refractivity (Wildman–Crippen MR) is 95.0 cm³/mol. The van der Waals surface area contributed by atoms with Gasteiger partial charge in [0.1, 0.15) is 0 Å². The third-order valence-corrected chi connectivity index (χ3v) is 5.74. The predicted octanol–water partition coefficient (Wildman–Crippen LogP) is 2.16. The maximum Gasteiger partial charge on any atom is 0.223 e. The molecule has 2 atom stereocenters. The van der Waals surface area contributed by atoms with Crippen molar-refractivity contribution in [2.45, 2.75) is 88.7 Å². The van der Waals surface area contributed by atoms with Crippen LogP contribution in [-0.2, 0) is 16.6 Å². The van der Waals surface area contributed by atoms with E-state index in [0.717, 1.165) is 37.8 Å². The molecule has 138 valence electrons. The lowest BCUT2D eigenvalue weighted by atomic mass is 9.85. The molecule has 1 aliphatic heterocycles. The molecule has 3 aliphatic rings. The van der Waals surface area contributed by atoms with Gasteiger partial charge in [-0.2, -0.15) is 0 Å². The Hall–Kier alpha value is -1.40. The van der Waals surface area contributed by atoms with Gasteiger partial charge in [-0.3, -0.25) is 4.79 Å². The lowest BCUT2D eigenvalue weighted by Crippen LogP contribution is -2.57. The fourth-order valence-electron chi connectivity index (χ4n) is 4.37. The Balaban J connectivity index is 1.48. The van der Waals surface area contributed by atoms with E-state index in [1.165, 1.54) is 0 Å². The van der Waals surface area contributed by atoms with E-state index in [1.54, 1.807) is 0 Å².